The van der Waals surface area contributed by atoms with Crippen molar-refractivity contribution in [3.63, 3.8) is 0 Å². The summed E-state index contributed by atoms with van der Waals surface area (Å²) in [5.74, 6) is -0.253. The Bertz CT molecular complexity index is 421. The van der Waals surface area contributed by atoms with Crippen molar-refractivity contribution >= 4 is 11.6 Å². The lowest BCUT2D eigenvalue weighted by Gasteiger charge is -2.19. The minimum absolute atomic E-state index is 0.0613. The largest absolute Gasteiger partial charge is 0.506 e. The van der Waals surface area contributed by atoms with E-state index in [9.17, 15) is 9.90 Å². The summed E-state index contributed by atoms with van der Waals surface area (Å²) in [6, 6.07) is 4.52. The third-order valence-electron chi connectivity index (χ3n) is 2.99. The quantitative estimate of drug-likeness (QED) is 0.515. The number of carbonyl (C=O) groups is 1. The summed E-state index contributed by atoms with van der Waals surface area (Å²) in [5, 5.41) is 12.3. The van der Waals surface area contributed by atoms with Gasteiger partial charge in [-0.25, -0.2) is 0 Å². The van der Waals surface area contributed by atoms with Crippen molar-refractivity contribution in [3.8, 4) is 5.75 Å². The molecule has 0 aliphatic carbocycles. The maximum Gasteiger partial charge on any atom is 0.251 e. The summed E-state index contributed by atoms with van der Waals surface area (Å²) in [6.45, 7) is 7.68. The molecule has 106 valence electrons. The molecule has 0 unspecified atom stereocenters. The van der Waals surface area contributed by atoms with Gasteiger partial charge in [-0.15, -0.1) is 0 Å². The number of rotatable bonds is 7. The molecular weight excluding hydrogens is 242 g/mol. The van der Waals surface area contributed by atoms with E-state index in [0.717, 1.165) is 26.1 Å². The number of likely N-dealkylation sites (N-methyl/N-ethyl adjacent to an activating group) is 1. The average molecular weight is 265 g/mol. The van der Waals surface area contributed by atoms with E-state index < -0.39 is 0 Å². The molecule has 4 N–H and O–H groups in total. The number of hydrogen-bond acceptors (Lipinski definition) is 4. The van der Waals surface area contributed by atoms with Gasteiger partial charge in [0.1, 0.15) is 5.75 Å². The summed E-state index contributed by atoms with van der Waals surface area (Å²) < 4.78 is 0. The molecule has 1 aromatic rings. The van der Waals surface area contributed by atoms with Gasteiger partial charge >= 0.3 is 0 Å². The van der Waals surface area contributed by atoms with E-state index in [1.54, 1.807) is 6.07 Å². The van der Waals surface area contributed by atoms with E-state index >= 15 is 0 Å². The SMILES string of the molecule is CCCN(CC)CCNC(=O)c1ccc(N)c(O)c1. The van der Waals surface area contributed by atoms with E-state index in [-0.39, 0.29) is 17.3 Å². The smallest absolute Gasteiger partial charge is 0.251 e. The topological polar surface area (TPSA) is 78.6 Å². The maximum absolute atomic E-state index is 11.9. The molecule has 0 spiro atoms. The number of nitrogen functional groups attached to an aromatic ring is 1. The van der Waals surface area contributed by atoms with E-state index in [2.05, 4.69) is 24.1 Å². The fourth-order valence-corrected chi connectivity index (χ4v) is 1.86. The van der Waals surface area contributed by atoms with Gasteiger partial charge in [0.15, 0.2) is 0 Å². The molecule has 0 radical (unpaired) electrons. The third kappa shape index (κ3) is 4.79. The molecule has 0 aliphatic heterocycles. The van der Waals surface area contributed by atoms with Crippen molar-refractivity contribution in [1.29, 1.82) is 0 Å². The lowest BCUT2D eigenvalue weighted by atomic mass is 10.2. The number of benzene rings is 1. The molecule has 5 nitrogen and oxygen atoms in total. The Morgan fingerprint density at radius 2 is 2.11 bits per heavy atom. The lowest BCUT2D eigenvalue weighted by Crippen LogP contribution is -2.35. The second-order valence-electron chi connectivity index (χ2n) is 4.46. The number of anilines is 1. The summed E-state index contributed by atoms with van der Waals surface area (Å²) in [7, 11) is 0. The van der Waals surface area contributed by atoms with E-state index in [1.807, 2.05) is 0 Å². The Morgan fingerprint density at radius 1 is 1.37 bits per heavy atom. The van der Waals surface area contributed by atoms with Gasteiger partial charge in [-0.3, -0.25) is 4.79 Å². The van der Waals surface area contributed by atoms with Crippen molar-refractivity contribution in [2.45, 2.75) is 20.3 Å². The van der Waals surface area contributed by atoms with E-state index in [1.165, 1.54) is 12.1 Å². The highest BCUT2D eigenvalue weighted by atomic mass is 16.3. The zero-order valence-corrected chi connectivity index (χ0v) is 11.6. The van der Waals surface area contributed by atoms with Crippen LogP contribution in [-0.4, -0.2) is 42.1 Å². The fraction of sp³-hybridized carbons (Fsp3) is 0.500. The van der Waals surface area contributed by atoms with Gasteiger partial charge in [0.25, 0.3) is 5.91 Å². The number of hydrogen-bond donors (Lipinski definition) is 3. The van der Waals surface area contributed by atoms with Gasteiger partial charge in [0.2, 0.25) is 0 Å². The summed E-state index contributed by atoms with van der Waals surface area (Å²) in [4.78, 5) is 14.1. The van der Waals surface area contributed by atoms with Gasteiger partial charge in [0, 0.05) is 18.7 Å². The van der Waals surface area contributed by atoms with Gasteiger partial charge in [-0.05, 0) is 37.7 Å². The third-order valence-corrected chi connectivity index (χ3v) is 2.99. The molecule has 1 rings (SSSR count). The number of aromatic hydroxyl groups is 1. The normalized spacial score (nSPS) is 10.7. The standard InChI is InChI=1S/C14H23N3O2/c1-3-8-17(4-2)9-7-16-14(19)11-5-6-12(15)13(18)10-11/h5-6,10,18H,3-4,7-9,15H2,1-2H3,(H,16,19). The summed E-state index contributed by atoms with van der Waals surface area (Å²) >= 11 is 0. The zero-order valence-electron chi connectivity index (χ0n) is 11.6. The molecule has 0 atom stereocenters. The van der Waals surface area contributed by atoms with Crippen LogP contribution in [-0.2, 0) is 0 Å². The Labute approximate surface area is 114 Å². The number of phenolic OH excluding ortho intramolecular Hbond substituents is 1. The van der Waals surface area contributed by atoms with Crippen LogP contribution in [0.4, 0.5) is 5.69 Å². The van der Waals surface area contributed by atoms with Crippen molar-refractivity contribution in [2.75, 3.05) is 31.9 Å². The van der Waals surface area contributed by atoms with Crippen LogP contribution in [0.5, 0.6) is 5.75 Å². The number of nitrogens with two attached hydrogens (primary N) is 1. The second-order valence-corrected chi connectivity index (χ2v) is 4.46. The number of phenols is 1. The first-order chi connectivity index (χ1) is 9.08. The lowest BCUT2D eigenvalue weighted by molar-refractivity contribution is 0.0948. The maximum atomic E-state index is 11.9. The molecule has 5 heteroatoms. The van der Waals surface area contributed by atoms with E-state index in [0.29, 0.717) is 12.1 Å². The molecule has 1 amide bonds. The van der Waals surface area contributed by atoms with Gasteiger partial charge in [-0.1, -0.05) is 13.8 Å². The Kier molecular flexibility index (Phi) is 6.15. The highest BCUT2D eigenvalue weighted by Crippen LogP contribution is 2.20. The number of carbonyl (C=O) groups excluding carboxylic acids is 1. The van der Waals surface area contributed by atoms with Crippen molar-refractivity contribution in [1.82, 2.24) is 10.2 Å². The van der Waals surface area contributed by atoms with Gasteiger partial charge < -0.3 is 21.1 Å². The molecule has 0 saturated carbocycles. The minimum atomic E-state index is -0.192. The molecule has 1 aromatic carbocycles. The van der Waals surface area contributed by atoms with Crippen LogP contribution < -0.4 is 11.1 Å². The predicted molar refractivity (Wildman–Crippen MR) is 77.3 cm³/mol. The van der Waals surface area contributed by atoms with Crippen molar-refractivity contribution < 1.29 is 9.90 Å². The van der Waals surface area contributed by atoms with Crippen LogP contribution in [0, 0.1) is 0 Å². The minimum Gasteiger partial charge on any atom is -0.506 e. The number of nitrogens with one attached hydrogen (secondary N) is 1. The first kappa shape index (κ1) is 15.3. The van der Waals surface area contributed by atoms with E-state index in [4.69, 9.17) is 5.73 Å². The number of amides is 1. The molecule has 0 bridgehead atoms. The molecule has 0 fully saturated rings. The monoisotopic (exact) mass is 265 g/mol. The van der Waals surface area contributed by atoms with Crippen LogP contribution in [0.15, 0.2) is 18.2 Å². The van der Waals surface area contributed by atoms with Crippen LogP contribution in [0.2, 0.25) is 0 Å². The molecule has 0 heterocycles. The van der Waals surface area contributed by atoms with Crippen LogP contribution in [0.25, 0.3) is 0 Å². The van der Waals surface area contributed by atoms with Crippen LogP contribution in [0.3, 0.4) is 0 Å². The van der Waals surface area contributed by atoms with Crippen LogP contribution in [0.1, 0.15) is 30.6 Å². The molecule has 0 saturated heterocycles. The number of nitrogens with zero attached hydrogens (tertiary/aromatic N) is 1. The highest BCUT2D eigenvalue weighted by molar-refractivity contribution is 5.95. The molecule has 19 heavy (non-hydrogen) atoms. The zero-order chi connectivity index (χ0) is 14.3. The van der Waals surface area contributed by atoms with Crippen molar-refractivity contribution in [2.24, 2.45) is 0 Å². The first-order valence-corrected chi connectivity index (χ1v) is 6.67. The average Bonchev–Trinajstić information content (AvgIpc) is 2.40. The molecular formula is C14H23N3O2. The van der Waals surface area contributed by atoms with Crippen LogP contribution >= 0.6 is 0 Å². The Morgan fingerprint density at radius 3 is 2.68 bits per heavy atom. The molecule has 0 aromatic heterocycles. The Balaban J connectivity index is 2.44. The summed E-state index contributed by atoms with van der Waals surface area (Å²) in [5.41, 5.74) is 6.19. The van der Waals surface area contributed by atoms with Gasteiger partial charge in [0.05, 0.1) is 5.69 Å². The van der Waals surface area contributed by atoms with Gasteiger partial charge in [-0.2, -0.15) is 0 Å². The fourth-order valence-electron chi connectivity index (χ4n) is 1.86. The Hall–Kier alpha value is -1.75. The highest BCUT2D eigenvalue weighted by Gasteiger charge is 2.08. The molecule has 0 aliphatic rings. The predicted octanol–water partition coefficient (Wildman–Crippen LogP) is 1.44. The first-order valence-electron chi connectivity index (χ1n) is 6.67. The van der Waals surface area contributed by atoms with Crippen molar-refractivity contribution in [3.05, 3.63) is 23.8 Å². The summed E-state index contributed by atoms with van der Waals surface area (Å²) in [6.07, 6.45) is 1.10. The second kappa shape index (κ2) is 7.63.